The number of carbonyl (C=O) groups is 11. The van der Waals surface area contributed by atoms with E-state index in [0.29, 0.717) is 61.2 Å². The molecule has 104 heavy (non-hydrogen) atoms. The molecular weight excluding hydrogens is 1390 g/mol. The molecule has 11 unspecified atom stereocenters. The third-order valence-corrected chi connectivity index (χ3v) is 24.2. The molecule has 5 heterocycles. The highest BCUT2D eigenvalue weighted by atomic mass is 35.5. The molecule has 10 rings (SSSR count). The zero-order chi connectivity index (χ0) is 78.4. The summed E-state index contributed by atoms with van der Waals surface area (Å²) >= 11 is 0. The largest absolute Gasteiger partial charge is 0.468 e. The summed E-state index contributed by atoms with van der Waals surface area (Å²) in [7, 11) is 8.37. The first-order valence-electron chi connectivity index (χ1n) is 36.1. The number of carbonyl (C=O) groups excluding carboxylic acids is 11. The number of nitrogens with two attached hydrogens (primary N) is 1. The number of likely N-dealkylation sites (tertiary alicyclic amines) is 4. The maximum atomic E-state index is 13.3. The lowest BCUT2D eigenvalue weighted by Gasteiger charge is -2.37. The summed E-state index contributed by atoms with van der Waals surface area (Å²) in [5, 5.41) is 11.1. The molecular formula is C75H129Cl2N9O18. The highest BCUT2D eigenvalue weighted by Gasteiger charge is 2.74. The zero-order valence-electron chi connectivity index (χ0n) is 68.0. The molecule has 0 spiro atoms. The highest BCUT2D eigenvalue weighted by Crippen LogP contribution is 2.68. The summed E-state index contributed by atoms with van der Waals surface area (Å²) < 4.78 is 35.1. The van der Waals surface area contributed by atoms with E-state index in [2.05, 4.69) is 90.5 Å². The molecule has 0 radical (unpaired) electrons. The standard InChI is InChI=1S/C20H34N2O5.C17H29N3O4.C15H26N2O3.C14H23NO4.C9H15NO2.2ClH/c1-18(2,3)14(21-17(25)27-19(4,5)6)15(23)22-10-11-12(20(11,7)8)13(22)16(24)26-9;1-16(2,3)12(19-15(23)18-6)13(21)20-8-9-10(17(9,4)5)11(20)14(22)24-7;1-14(2,3)11(16)12(18)17-7-8-9(15(8,4)5)10(17)13(19)20-6;1-13(2,3)19-12(17)15-7-8-9(14(8,4)5)10(15)11(16)18-6;1-9(2)5-4-10-7(6(5)9)8(11)12-3;;/h11-14H,10H2,1-9H3,(H,21,25);9-12H,8H2,1-7H3,(H2,18,19,23);8-11H,7,16H2,1-6H3;8-10H,7H2,1-6H3;5-7,10H,4H2,1-3H3;2*1H/t11?,12?,13-,14+;9?,10?,11-,12+;8?,9?,10-,11+;8?,9?,10-;;;/m0000.../s1. The van der Waals surface area contributed by atoms with Crippen molar-refractivity contribution in [1.82, 2.24) is 40.9 Å². The molecule has 29 heteroatoms. The fourth-order valence-electron chi connectivity index (χ4n) is 17.3. The van der Waals surface area contributed by atoms with Gasteiger partial charge in [-0.05, 0) is 127 Å². The van der Waals surface area contributed by atoms with Crippen molar-refractivity contribution in [2.24, 2.45) is 108 Å². The molecule has 5 saturated heterocycles. The second-order valence-electron chi connectivity index (χ2n) is 38.0. The number of nitrogens with zero attached hydrogens (tertiary/aromatic N) is 4. The second kappa shape index (κ2) is 31.3. The molecule has 0 bridgehead atoms. The fourth-order valence-corrected chi connectivity index (χ4v) is 17.3. The fraction of sp³-hybridized carbons (Fsp3) is 0.853. The quantitative estimate of drug-likeness (QED) is 0.102. The van der Waals surface area contributed by atoms with Crippen LogP contribution in [0.4, 0.5) is 14.4 Å². The van der Waals surface area contributed by atoms with E-state index in [1.165, 1.54) is 47.5 Å². The van der Waals surface area contributed by atoms with Crippen molar-refractivity contribution in [3.05, 3.63) is 0 Å². The first kappa shape index (κ1) is 90.5. The van der Waals surface area contributed by atoms with Crippen molar-refractivity contribution in [2.75, 3.05) is 75.3 Å². The third kappa shape index (κ3) is 18.4. The first-order valence-corrected chi connectivity index (χ1v) is 36.1. The summed E-state index contributed by atoms with van der Waals surface area (Å²) in [4.78, 5) is 142. The van der Waals surface area contributed by atoms with Crippen LogP contribution in [-0.4, -0.2) is 220 Å². The van der Waals surface area contributed by atoms with E-state index in [9.17, 15) is 52.7 Å². The lowest BCUT2D eigenvalue weighted by Crippen LogP contribution is -2.59. The molecule has 18 atom stereocenters. The number of esters is 5. The molecule has 5 aliphatic heterocycles. The number of piperidine rings is 5. The maximum absolute atomic E-state index is 13.3. The number of methoxy groups -OCH3 is 5. The lowest BCUT2D eigenvalue weighted by atomic mass is 9.85. The van der Waals surface area contributed by atoms with Gasteiger partial charge in [0, 0.05) is 56.9 Å². The van der Waals surface area contributed by atoms with Gasteiger partial charge in [0.15, 0.2) is 0 Å². The monoisotopic (exact) mass is 1510 g/mol. The van der Waals surface area contributed by atoms with Gasteiger partial charge in [0.05, 0.1) is 41.6 Å². The Hall–Kier alpha value is -5.93. The van der Waals surface area contributed by atoms with Gasteiger partial charge in [-0.25, -0.2) is 33.6 Å². The van der Waals surface area contributed by atoms with Gasteiger partial charge in [-0.15, -0.1) is 24.8 Å². The Bertz CT molecular complexity index is 3220. The molecule has 5 aliphatic carbocycles. The SMILES string of the molecule is CNC(=O)N[C@H](C(=O)N1CC2C([C@H]1C(=O)OC)C2(C)C)C(C)(C)C.COC(=O)C1NCC2C1C2(C)C.COC(=O)[C@@H]1C2C(CN1C(=O)OC(C)(C)C)C2(C)C.COC(=O)[C@@H]1C2C(CN1C(=O)[C@@H](N)C(C)(C)C)C2(C)C.COC(=O)[C@@H]1C2C(CN1C(=O)[C@@H](NC(=O)OC(C)(C)C)C(C)(C)C)C2(C)C.Cl.Cl. The Kier molecular flexibility index (Phi) is 27.3. The number of hydrogen-bond acceptors (Lipinski definition) is 20. The van der Waals surface area contributed by atoms with E-state index in [0.717, 1.165) is 6.54 Å². The Morgan fingerprint density at radius 3 is 0.962 bits per heavy atom. The van der Waals surface area contributed by atoms with Gasteiger partial charge in [0.2, 0.25) is 17.7 Å². The zero-order valence-corrected chi connectivity index (χ0v) is 69.6. The topological polar surface area (TPSA) is 339 Å². The molecule has 5 saturated carbocycles. The molecule has 7 amide bonds. The number of rotatable bonds is 10. The summed E-state index contributed by atoms with van der Waals surface area (Å²) in [5.74, 6) is 0.906. The van der Waals surface area contributed by atoms with Gasteiger partial charge in [0.1, 0.15) is 53.5 Å². The number of urea groups is 1. The predicted octanol–water partition coefficient (Wildman–Crippen LogP) is 7.88. The maximum Gasteiger partial charge on any atom is 0.411 e. The number of nitrogens with one attached hydrogen (secondary N) is 4. The first-order chi connectivity index (χ1) is 46.3. The van der Waals surface area contributed by atoms with Crippen LogP contribution >= 0.6 is 24.8 Å². The highest BCUT2D eigenvalue weighted by molar-refractivity contribution is 5.94. The van der Waals surface area contributed by atoms with E-state index in [1.807, 2.05) is 83.1 Å². The van der Waals surface area contributed by atoms with Crippen LogP contribution < -0.4 is 27.0 Å². The van der Waals surface area contributed by atoms with Crippen molar-refractivity contribution in [3.8, 4) is 0 Å². The molecule has 0 aromatic carbocycles. The minimum Gasteiger partial charge on any atom is -0.468 e. The van der Waals surface area contributed by atoms with Crippen molar-refractivity contribution in [3.63, 3.8) is 0 Å². The second-order valence-corrected chi connectivity index (χ2v) is 38.0. The summed E-state index contributed by atoms with van der Waals surface area (Å²) in [6.07, 6.45) is -1.07. The Morgan fingerprint density at radius 2 is 0.692 bits per heavy atom. The van der Waals surface area contributed by atoms with Crippen LogP contribution in [0.2, 0.25) is 0 Å². The van der Waals surface area contributed by atoms with E-state index >= 15 is 0 Å². The number of halogens is 2. The predicted molar refractivity (Wildman–Crippen MR) is 394 cm³/mol. The Labute approximate surface area is 630 Å². The minimum absolute atomic E-state index is 0. The summed E-state index contributed by atoms with van der Waals surface area (Å²) in [5.41, 5.74) is 4.13. The smallest absolute Gasteiger partial charge is 0.411 e. The van der Waals surface area contributed by atoms with Gasteiger partial charge in [-0.3, -0.25) is 24.1 Å². The average Bonchev–Trinajstić information content (AvgIpc) is 1.53. The van der Waals surface area contributed by atoms with Gasteiger partial charge < -0.3 is 74.9 Å². The van der Waals surface area contributed by atoms with E-state index in [4.69, 9.17) is 38.9 Å². The molecule has 596 valence electrons. The Balaban J connectivity index is 0.000000279. The molecule has 0 aromatic heterocycles. The van der Waals surface area contributed by atoms with Crippen LogP contribution in [0, 0.1) is 102 Å². The Morgan fingerprint density at radius 1 is 0.404 bits per heavy atom. The molecule has 27 nitrogen and oxygen atoms in total. The van der Waals surface area contributed by atoms with Crippen LogP contribution in [-0.2, 0) is 71.5 Å². The molecule has 6 N–H and O–H groups in total. The number of fused-ring (bicyclic) bond motifs is 5. The van der Waals surface area contributed by atoms with Crippen molar-refractivity contribution in [2.45, 2.75) is 233 Å². The van der Waals surface area contributed by atoms with E-state index < -0.39 is 88.5 Å². The lowest BCUT2D eigenvalue weighted by molar-refractivity contribution is -0.154. The normalized spacial score (nSPS) is 30.6. The number of ether oxygens (including phenoxy) is 7. The van der Waals surface area contributed by atoms with Crippen molar-refractivity contribution < 1.29 is 85.9 Å². The van der Waals surface area contributed by atoms with Gasteiger partial charge in [-0.2, -0.15) is 0 Å². The molecule has 10 aliphatic rings. The van der Waals surface area contributed by atoms with Crippen LogP contribution in [0.3, 0.4) is 0 Å². The van der Waals surface area contributed by atoms with Gasteiger partial charge in [-0.1, -0.05) is 132 Å². The average molecular weight is 1520 g/mol. The van der Waals surface area contributed by atoms with Crippen LogP contribution in [0.5, 0.6) is 0 Å². The van der Waals surface area contributed by atoms with Crippen LogP contribution in [0.25, 0.3) is 0 Å². The van der Waals surface area contributed by atoms with Gasteiger partial charge in [0.25, 0.3) is 0 Å². The van der Waals surface area contributed by atoms with E-state index in [1.54, 1.807) is 35.5 Å². The number of hydrogen-bond donors (Lipinski definition) is 5. The number of alkyl carbamates (subject to hydrolysis) is 1. The number of amides is 7. The molecule has 10 fully saturated rings. The summed E-state index contributed by atoms with van der Waals surface area (Å²) in [6.45, 7) is 52.5. The summed E-state index contributed by atoms with van der Waals surface area (Å²) in [6, 6.07) is -4.73. The minimum atomic E-state index is -0.805. The van der Waals surface area contributed by atoms with E-state index in [-0.39, 0.29) is 129 Å². The van der Waals surface area contributed by atoms with Crippen LogP contribution in [0.1, 0.15) is 173 Å². The van der Waals surface area contributed by atoms with Crippen LogP contribution in [0.15, 0.2) is 0 Å². The van der Waals surface area contributed by atoms with Crippen molar-refractivity contribution >= 4 is 90.6 Å². The molecule has 0 aromatic rings. The third-order valence-electron chi connectivity index (χ3n) is 24.2. The van der Waals surface area contributed by atoms with Crippen molar-refractivity contribution in [1.29, 1.82) is 0 Å². The van der Waals surface area contributed by atoms with Gasteiger partial charge >= 0.3 is 48.1 Å².